The van der Waals surface area contributed by atoms with E-state index in [1.54, 1.807) is 0 Å². The van der Waals surface area contributed by atoms with E-state index >= 15 is 0 Å². The highest BCUT2D eigenvalue weighted by Crippen LogP contribution is 2.29. The van der Waals surface area contributed by atoms with Gasteiger partial charge in [-0.1, -0.05) is 6.07 Å². The van der Waals surface area contributed by atoms with Gasteiger partial charge in [-0.2, -0.15) is 5.26 Å². The van der Waals surface area contributed by atoms with Crippen LogP contribution in [0.5, 0.6) is 0 Å². The van der Waals surface area contributed by atoms with E-state index in [0.717, 1.165) is 22.8 Å². The summed E-state index contributed by atoms with van der Waals surface area (Å²) in [6.07, 6.45) is 0. The number of benzene rings is 1. The summed E-state index contributed by atoms with van der Waals surface area (Å²) in [7, 11) is 1.99. The molecule has 2 rings (SSSR count). The summed E-state index contributed by atoms with van der Waals surface area (Å²) in [6, 6.07) is 10.6. The van der Waals surface area contributed by atoms with E-state index in [1.165, 1.54) is 11.1 Å². The largest absolute Gasteiger partial charge is 0.343 e. The Hall–Kier alpha value is -2.34. The van der Waals surface area contributed by atoms with Crippen molar-refractivity contribution in [2.24, 2.45) is 0 Å². The van der Waals surface area contributed by atoms with Gasteiger partial charge in [0.2, 0.25) is 0 Å². The molecule has 3 heteroatoms. The van der Waals surface area contributed by atoms with Crippen LogP contribution in [0.1, 0.15) is 28.1 Å². The third-order valence-electron chi connectivity index (χ3n) is 3.37. The van der Waals surface area contributed by atoms with E-state index < -0.39 is 0 Å². The lowest BCUT2D eigenvalue weighted by Gasteiger charge is -2.22. The molecule has 0 fully saturated rings. The highest BCUT2D eigenvalue weighted by molar-refractivity contribution is 5.70. The number of aryl methyl sites for hydroxylation is 4. The normalized spacial score (nSPS) is 10.2. The molecule has 0 aliphatic carbocycles. The van der Waals surface area contributed by atoms with Crippen LogP contribution in [0.3, 0.4) is 0 Å². The lowest BCUT2D eigenvalue weighted by atomic mass is 10.1. The molecule has 102 valence electrons. The van der Waals surface area contributed by atoms with Gasteiger partial charge in [0.1, 0.15) is 6.07 Å². The number of nitrogens with zero attached hydrogens (tertiary/aromatic N) is 3. The number of hydrogen-bond donors (Lipinski definition) is 0. The molecular weight excluding hydrogens is 246 g/mol. The minimum absolute atomic E-state index is 0.636. The van der Waals surface area contributed by atoms with E-state index in [-0.39, 0.29) is 0 Å². The molecule has 0 spiro atoms. The SMILES string of the molecule is Cc1cc(C)cc(N(C)c2cc(C)nc(C)c2C#N)c1. The minimum atomic E-state index is 0.636. The molecule has 1 heterocycles. The van der Waals surface area contributed by atoms with Crippen molar-refractivity contribution in [2.75, 3.05) is 11.9 Å². The van der Waals surface area contributed by atoms with Gasteiger partial charge < -0.3 is 4.90 Å². The molecule has 0 radical (unpaired) electrons. The van der Waals surface area contributed by atoms with Gasteiger partial charge in [0.05, 0.1) is 16.9 Å². The molecule has 0 bridgehead atoms. The Morgan fingerprint density at radius 3 is 2.15 bits per heavy atom. The number of anilines is 2. The third kappa shape index (κ3) is 2.65. The average Bonchev–Trinajstić information content (AvgIpc) is 2.35. The van der Waals surface area contributed by atoms with Crippen LogP contribution < -0.4 is 4.90 Å². The molecule has 2 aromatic rings. The van der Waals surface area contributed by atoms with Crippen molar-refractivity contribution in [3.05, 3.63) is 52.3 Å². The van der Waals surface area contributed by atoms with E-state index in [1.807, 2.05) is 27.0 Å². The maximum absolute atomic E-state index is 9.38. The van der Waals surface area contributed by atoms with Crippen LogP contribution >= 0.6 is 0 Å². The minimum Gasteiger partial charge on any atom is -0.343 e. The molecule has 0 unspecified atom stereocenters. The van der Waals surface area contributed by atoms with Crippen molar-refractivity contribution in [3.8, 4) is 6.07 Å². The van der Waals surface area contributed by atoms with Crippen LogP contribution in [0, 0.1) is 39.0 Å². The Balaban J connectivity index is 2.59. The topological polar surface area (TPSA) is 39.9 Å². The molecule has 0 N–H and O–H groups in total. The zero-order valence-corrected chi connectivity index (χ0v) is 12.7. The Morgan fingerprint density at radius 1 is 1.00 bits per heavy atom. The molecule has 1 aromatic heterocycles. The molecule has 0 aliphatic heterocycles. The molecular formula is C17H19N3. The summed E-state index contributed by atoms with van der Waals surface area (Å²) >= 11 is 0. The summed E-state index contributed by atoms with van der Waals surface area (Å²) in [5.41, 5.74) is 6.76. The molecule has 0 atom stereocenters. The predicted molar refractivity (Wildman–Crippen MR) is 82.4 cm³/mol. The number of hydrogen-bond acceptors (Lipinski definition) is 3. The molecule has 0 aliphatic rings. The molecule has 1 aromatic carbocycles. The lowest BCUT2D eigenvalue weighted by molar-refractivity contribution is 1.08. The number of pyridine rings is 1. The van der Waals surface area contributed by atoms with E-state index in [0.29, 0.717) is 5.56 Å². The van der Waals surface area contributed by atoms with Gasteiger partial charge in [-0.3, -0.25) is 4.98 Å². The smallest absolute Gasteiger partial charge is 0.103 e. The van der Waals surface area contributed by atoms with Crippen LogP contribution in [-0.2, 0) is 0 Å². The monoisotopic (exact) mass is 265 g/mol. The second kappa shape index (κ2) is 5.34. The summed E-state index contributed by atoms with van der Waals surface area (Å²) in [5.74, 6) is 0. The molecule has 0 saturated carbocycles. The van der Waals surface area contributed by atoms with Crippen LogP contribution in [-0.4, -0.2) is 12.0 Å². The van der Waals surface area contributed by atoms with Crippen LogP contribution in [0.2, 0.25) is 0 Å². The van der Waals surface area contributed by atoms with Crippen molar-refractivity contribution in [3.63, 3.8) is 0 Å². The summed E-state index contributed by atoms with van der Waals surface area (Å²) < 4.78 is 0. The first-order valence-electron chi connectivity index (χ1n) is 6.62. The maximum Gasteiger partial charge on any atom is 0.103 e. The van der Waals surface area contributed by atoms with Crippen LogP contribution in [0.4, 0.5) is 11.4 Å². The Morgan fingerprint density at radius 2 is 1.60 bits per heavy atom. The fraction of sp³-hybridized carbons (Fsp3) is 0.294. The summed E-state index contributed by atoms with van der Waals surface area (Å²) in [4.78, 5) is 6.42. The summed E-state index contributed by atoms with van der Waals surface area (Å²) in [5, 5.41) is 9.38. The summed E-state index contributed by atoms with van der Waals surface area (Å²) in [6.45, 7) is 7.99. The van der Waals surface area contributed by atoms with Gasteiger partial charge in [0, 0.05) is 18.4 Å². The van der Waals surface area contributed by atoms with E-state index in [2.05, 4.69) is 48.0 Å². The fourth-order valence-corrected chi connectivity index (χ4v) is 2.49. The highest BCUT2D eigenvalue weighted by atomic mass is 15.1. The van der Waals surface area contributed by atoms with Crippen molar-refractivity contribution in [2.45, 2.75) is 27.7 Å². The van der Waals surface area contributed by atoms with E-state index in [9.17, 15) is 5.26 Å². The van der Waals surface area contributed by atoms with Crippen molar-refractivity contribution in [1.82, 2.24) is 4.98 Å². The van der Waals surface area contributed by atoms with Gasteiger partial charge in [-0.05, 0) is 57.0 Å². The third-order valence-corrected chi connectivity index (χ3v) is 3.37. The number of rotatable bonds is 2. The lowest BCUT2D eigenvalue weighted by Crippen LogP contribution is -2.13. The zero-order valence-electron chi connectivity index (χ0n) is 12.7. The zero-order chi connectivity index (χ0) is 14.9. The number of nitriles is 1. The first-order valence-corrected chi connectivity index (χ1v) is 6.62. The standard InChI is InChI=1S/C17H19N3/c1-11-6-12(2)8-15(7-11)20(5)17-9-13(3)19-14(4)16(17)10-18/h6-9H,1-5H3. The van der Waals surface area contributed by atoms with E-state index in [4.69, 9.17) is 0 Å². The van der Waals surface area contributed by atoms with Crippen molar-refractivity contribution < 1.29 is 0 Å². The van der Waals surface area contributed by atoms with Gasteiger partial charge in [0.25, 0.3) is 0 Å². The first kappa shape index (κ1) is 14.1. The Labute approximate surface area is 120 Å². The maximum atomic E-state index is 9.38. The molecule has 20 heavy (non-hydrogen) atoms. The Kier molecular flexibility index (Phi) is 3.76. The second-order valence-corrected chi connectivity index (χ2v) is 5.26. The average molecular weight is 265 g/mol. The molecule has 0 saturated heterocycles. The van der Waals surface area contributed by atoms with Gasteiger partial charge in [-0.15, -0.1) is 0 Å². The van der Waals surface area contributed by atoms with Crippen LogP contribution in [0.15, 0.2) is 24.3 Å². The highest BCUT2D eigenvalue weighted by Gasteiger charge is 2.13. The van der Waals surface area contributed by atoms with Gasteiger partial charge >= 0.3 is 0 Å². The molecule has 3 nitrogen and oxygen atoms in total. The quantitative estimate of drug-likeness (QED) is 0.825. The predicted octanol–water partition coefficient (Wildman–Crippen LogP) is 3.95. The van der Waals surface area contributed by atoms with Crippen LogP contribution in [0.25, 0.3) is 0 Å². The Bertz CT molecular complexity index is 676. The van der Waals surface area contributed by atoms with Crippen molar-refractivity contribution in [1.29, 1.82) is 5.26 Å². The second-order valence-electron chi connectivity index (χ2n) is 5.26. The molecule has 0 amide bonds. The van der Waals surface area contributed by atoms with Gasteiger partial charge in [-0.25, -0.2) is 0 Å². The number of aromatic nitrogens is 1. The van der Waals surface area contributed by atoms with Crippen molar-refractivity contribution >= 4 is 11.4 Å². The first-order chi connectivity index (χ1) is 9.42. The van der Waals surface area contributed by atoms with Gasteiger partial charge in [0.15, 0.2) is 0 Å². The fourth-order valence-electron chi connectivity index (χ4n) is 2.49.